The third kappa shape index (κ3) is 19.0. The van der Waals surface area contributed by atoms with E-state index < -0.39 is 63.2 Å². The van der Waals surface area contributed by atoms with Gasteiger partial charge in [-0.15, -0.1) is 0 Å². The first-order valence-corrected chi connectivity index (χ1v) is 29.6. The molecule has 0 spiro atoms. The molecule has 5 aromatic heterocycles. The van der Waals surface area contributed by atoms with Crippen molar-refractivity contribution in [1.29, 1.82) is 0 Å². The number of nitro benzene ring substituents is 2. The maximum atomic E-state index is 12.8. The van der Waals surface area contributed by atoms with E-state index in [1.54, 1.807) is 36.4 Å². The number of rotatable bonds is 12. The number of anilines is 6. The number of aldehydes is 1. The maximum Gasteiger partial charge on any atom is 0.433 e. The number of carbonyl (C=O) groups is 5. The monoisotopic (exact) mass is 1460 g/mol. The Hall–Kier alpha value is -12.1. The van der Waals surface area contributed by atoms with Crippen molar-refractivity contribution in [3.8, 4) is 22.8 Å². The Morgan fingerprint density at radius 3 is 1.19 bits per heavy atom. The first-order valence-electron chi connectivity index (χ1n) is 28.5. The predicted molar refractivity (Wildman–Crippen MR) is 359 cm³/mol. The van der Waals surface area contributed by atoms with Crippen molar-refractivity contribution in [2.45, 2.75) is 46.2 Å². The number of aromatic amines is 2. The lowest BCUT2D eigenvalue weighted by molar-refractivity contribution is -0.384. The molecule has 0 fully saturated rings. The Balaban J connectivity index is 0.000000181. The van der Waals surface area contributed by atoms with Gasteiger partial charge in [-0.05, 0) is 142 Å². The predicted octanol–water partition coefficient (Wildman–Crippen LogP) is 16.5. The summed E-state index contributed by atoms with van der Waals surface area (Å²) in [5.41, 5.74) is 12.6. The highest BCUT2D eigenvalue weighted by atomic mass is 35.5. The highest BCUT2D eigenvalue weighted by molar-refractivity contribution is 6.34. The third-order valence-corrected chi connectivity index (χ3v) is 15.0. The van der Waals surface area contributed by atoms with Crippen molar-refractivity contribution in [2.24, 2.45) is 0 Å². The summed E-state index contributed by atoms with van der Waals surface area (Å²) in [6.45, 7) is 5.36. The van der Waals surface area contributed by atoms with Gasteiger partial charge < -0.3 is 42.7 Å². The van der Waals surface area contributed by atoms with Crippen molar-refractivity contribution in [3.63, 3.8) is 0 Å². The fraction of sp³-hybridized carbons (Fsp3) is 0.108. The standard InChI is InChI=1S/C23H17ClF3N5O2.C21H13ClF3N5O3.C15H10ClF3N2O2.C6H7N3O2/c1-11-15(5-8-20(28-11)23(25,26)27)22(34)30-13-3-6-17(24)16(9-13)21-31-18-7-4-14(29-12(2)33)10-19(18)32-21;1-10-13(4-7-18(26-10)21(23,24)25)20(31)27-11-2-5-15(22)14(8-11)19-28-16-6-3-12(30(32)33)9-17(16)29-19;1-8-11(3-5-13(20-8)15(17,18)19)14(23)21-10-2-4-12(16)9(6-10)7-22;7-5-2-1-4(9(10)11)3-6(5)8/h3-10H,1-2H3,(H,29,33)(H,30,34)(H,31,32);2-9H,1H3,(H,27,31)(H,28,29);2-7H,1H3,(H,21,23);1-3H,7-8H2. The van der Waals surface area contributed by atoms with E-state index in [2.05, 4.69) is 56.2 Å². The summed E-state index contributed by atoms with van der Waals surface area (Å²) < 4.78 is 115. The number of nitrogens with zero attached hydrogens (tertiary/aromatic N) is 7. The van der Waals surface area contributed by atoms with Crippen LogP contribution in [0.1, 0.15) is 82.5 Å². The minimum atomic E-state index is -4.61. The molecule has 520 valence electrons. The van der Waals surface area contributed by atoms with Crippen LogP contribution in [0, 0.1) is 41.0 Å². The van der Waals surface area contributed by atoms with E-state index >= 15 is 0 Å². The first kappa shape index (κ1) is 74.7. The Morgan fingerprint density at radius 1 is 0.455 bits per heavy atom. The van der Waals surface area contributed by atoms with E-state index in [1.165, 1.54) is 100 Å². The van der Waals surface area contributed by atoms with Crippen LogP contribution in [-0.4, -0.2) is 74.6 Å². The number of amides is 4. The van der Waals surface area contributed by atoms with E-state index in [0.29, 0.717) is 89.6 Å². The van der Waals surface area contributed by atoms with Gasteiger partial charge in [0.1, 0.15) is 28.7 Å². The number of hydrogen-bond donors (Lipinski definition) is 8. The van der Waals surface area contributed by atoms with Gasteiger partial charge in [0.2, 0.25) is 5.91 Å². The lowest BCUT2D eigenvalue weighted by atomic mass is 10.1. The Kier molecular flexibility index (Phi) is 22.7. The van der Waals surface area contributed by atoms with Crippen molar-refractivity contribution in [2.75, 3.05) is 32.7 Å². The zero-order chi connectivity index (χ0) is 74.2. The molecule has 0 aliphatic rings. The number of alkyl halides is 9. The van der Waals surface area contributed by atoms with Crippen molar-refractivity contribution < 1.29 is 73.3 Å². The van der Waals surface area contributed by atoms with Crippen LogP contribution in [0.4, 0.5) is 85.0 Å². The van der Waals surface area contributed by atoms with E-state index in [4.69, 9.17) is 46.3 Å². The molecule has 0 radical (unpaired) electrons. The van der Waals surface area contributed by atoms with Gasteiger partial charge in [-0.3, -0.25) is 44.2 Å². The van der Waals surface area contributed by atoms with Gasteiger partial charge >= 0.3 is 18.5 Å². The number of nitrogen functional groups attached to an aromatic ring is 2. The van der Waals surface area contributed by atoms with Gasteiger partial charge in [0.05, 0.1) is 92.1 Å². The SMILES string of the molecule is CC(=O)Nc1ccc2nc(-c3cc(NC(=O)c4ccc(C(F)(F)F)nc4C)ccc3Cl)[nH]c2c1.Cc1nc(C(F)(F)F)ccc1C(=O)Nc1ccc(Cl)c(-c2nc3ccc([N+](=O)[O-])cc3[nH]2)c1.Cc1nc(C(F)(F)F)ccc1C(=O)Nc1ccc(Cl)c(C=O)c1.Nc1ccc([N+](=O)[O-])cc1N. The van der Waals surface area contributed by atoms with Gasteiger partial charge in [0.25, 0.3) is 29.1 Å². The topological polar surface area (TPSA) is 368 Å². The van der Waals surface area contributed by atoms with Crippen LogP contribution in [0.3, 0.4) is 0 Å². The summed E-state index contributed by atoms with van der Waals surface area (Å²) in [4.78, 5) is 105. The van der Waals surface area contributed by atoms with Crippen molar-refractivity contribution in [1.82, 2.24) is 34.9 Å². The summed E-state index contributed by atoms with van der Waals surface area (Å²) >= 11 is 18.4. The molecular formula is C65H47Cl3F9N15O9. The molecule has 0 bridgehead atoms. The summed E-state index contributed by atoms with van der Waals surface area (Å²) in [6, 6.07) is 32.3. The molecule has 11 rings (SSSR count). The fourth-order valence-corrected chi connectivity index (χ4v) is 9.66. The van der Waals surface area contributed by atoms with Gasteiger partial charge in [-0.2, -0.15) is 39.5 Å². The molecule has 24 nitrogen and oxygen atoms in total. The molecule has 0 aliphatic carbocycles. The Labute approximate surface area is 577 Å². The number of aryl methyl sites for hydroxylation is 3. The van der Waals surface area contributed by atoms with Crippen LogP contribution in [0.15, 0.2) is 146 Å². The number of benzene rings is 6. The van der Waals surface area contributed by atoms with Crippen LogP contribution in [0.2, 0.25) is 15.1 Å². The van der Waals surface area contributed by atoms with E-state index in [-0.39, 0.29) is 67.3 Å². The molecule has 101 heavy (non-hydrogen) atoms. The number of nitro groups is 2. The normalized spacial score (nSPS) is 11.2. The molecule has 11 aromatic rings. The van der Waals surface area contributed by atoms with E-state index in [9.17, 15) is 83.7 Å². The highest BCUT2D eigenvalue weighted by Crippen LogP contribution is 2.36. The number of halogens is 12. The van der Waals surface area contributed by atoms with Crippen molar-refractivity contribution >= 4 is 132 Å². The smallest absolute Gasteiger partial charge is 0.397 e. The number of imidazole rings is 2. The van der Waals surface area contributed by atoms with Crippen LogP contribution < -0.4 is 32.7 Å². The first-order chi connectivity index (χ1) is 47.4. The third-order valence-electron chi connectivity index (χ3n) is 14.0. The number of H-pyrrole nitrogens is 2. The molecule has 0 saturated heterocycles. The minimum absolute atomic E-state index is 0.000558. The summed E-state index contributed by atoms with van der Waals surface area (Å²) in [7, 11) is 0. The number of nitrogens with two attached hydrogens (primary N) is 2. The summed E-state index contributed by atoms with van der Waals surface area (Å²) in [6.07, 6.45) is -13.3. The second kappa shape index (κ2) is 30.8. The zero-order valence-corrected chi connectivity index (χ0v) is 54.2. The maximum absolute atomic E-state index is 12.8. The molecule has 4 amide bonds. The van der Waals surface area contributed by atoms with Crippen molar-refractivity contribution in [3.05, 3.63) is 237 Å². The molecule has 0 saturated carbocycles. The summed E-state index contributed by atoms with van der Waals surface area (Å²) in [5.74, 6) is -1.35. The van der Waals surface area contributed by atoms with E-state index in [1.807, 2.05) is 0 Å². The summed E-state index contributed by atoms with van der Waals surface area (Å²) in [5, 5.41) is 32.5. The Bertz CT molecular complexity index is 5090. The molecule has 36 heteroatoms. The number of nitrogens with one attached hydrogen (secondary N) is 6. The minimum Gasteiger partial charge on any atom is -0.397 e. The van der Waals surface area contributed by atoms with E-state index in [0.717, 1.165) is 36.4 Å². The van der Waals surface area contributed by atoms with Gasteiger partial charge in [-0.25, -0.2) is 24.9 Å². The molecular weight excluding hydrogens is 1410 g/mol. The molecule has 10 N–H and O–H groups in total. The quantitative estimate of drug-likeness (QED) is 0.0185. The second-order valence-electron chi connectivity index (χ2n) is 21.2. The number of carbonyl (C=O) groups excluding carboxylic acids is 5. The number of pyridine rings is 3. The fourth-order valence-electron chi connectivity index (χ4n) is 9.09. The Morgan fingerprint density at radius 2 is 0.812 bits per heavy atom. The number of hydrogen-bond acceptors (Lipinski definition) is 16. The largest absolute Gasteiger partial charge is 0.433 e. The van der Waals surface area contributed by atoms with Crippen LogP contribution in [0.25, 0.3) is 44.8 Å². The molecule has 0 aliphatic heterocycles. The average Bonchev–Trinajstić information content (AvgIpc) is 1.71. The molecule has 5 heterocycles. The van der Waals surface area contributed by atoms with Crippen LogP contribution in [0.5, 0.6) is 0 Å². The molecule has 0 unspecified atom stereocenters. The molecule has 0 atom stereocenters. The van der Waals surface area contributed by atoms with Crippen LogP contribution >= 0.6 is 34.8 Å². The zero-order valence-electron chi connectivity index (χ0n) is 51.9. The molecule has 6 aromatic carbocycles. The van der Waals surface area contributed by atoms with Gasteiger partial charge in [0.15, 0.2) is 6.29 Å². The second-order valence-corrected chi connectivity index (χ2v) is 22.4. The lowest BCUT2D eigenvalue weighted by Crippen LogP contribution is -2.16. The number of aromatic nitrogens is 7. The number of fused-ring (bicyclic) bond motifs is 2. The highest BCUT2D eigenvalue weighted by Gasteiger charge is 2.35. The average molecular weight is 1460 g/mol. The van der Waals surface area contributed by atoms with Crippen LogP contribution in [-0.2, 0) is 23.3 Å². The number of non-ortho nitro benzene ring substituents is 2. The lowest BCUT2D eigenvalue weighted by Gasteiger charge is -2.11. The van der Waals surface area contributed by atoms with Gasteiger partial charge in [0, 0.05) is 70.6 Å². The van der Waals surface area contributed by atoms with Gasteiger partial charge in [-0.1, -0.05) is 34.8 Å².